The van der Waals surface area contributed by atoms with Gasteiger partial charge in [0.1, 0.15) is 0 Å². The van der Waals surface area contributed by atoms with Gasteiger partial charge in [0.15, 0.2) is 5.96 Å². The van der Waals surface area contributed by atoms with Crippen molar-refractivity contribution in [2.24, 2.45) is 4.99 Å². The van der Waals surface area contributed by atoms with E-state index in [0.29, 0.717) is 12.5 Å². The number of carbonyl (C=O) groups is 1. The number of likely N-dealkylation sites (N-methyl/N-ethyl adjacent to an activating group) is 1. The molecule has 0 aromatic heterocycles. The number of guanidine groups is 1. The third kappa shape index (κ3) is 9.95. The first-order chi connectivity index (χ1) is 12.3. The van der Waals surface area contributed by atoms with Crippen LogP contribution in [0.3, 0.4) is 0 Å². The molecule has 0 aliphatic rings. The van der Waals surface area contributed by atoms with Crippen LogP contribution < -0.4 is 16.0 Å². The maximum atomic E-state index is 12.0. The summed E-state index contributed by atoms with van der Waals surface area (Å²) in [5.74, 6) is 0.575. The van der Waals surface area contributed by atoms with Crippen molar-refractivity contribution in [1.29, 1.82) is 0 Å². The van der Waals surface area contributed by atoms with Gasteiger partial charge < -0.3 is 16.0 Å². The van der Waals surface area contributed by atoms with Gasteiger partial charge in [0, 0.05) is 19.1 Å². The zero-order valence-electron chi connectivity index (χ0n) is 17.5. The number of hydrogen-bond donors (Lipinski definition) is 3. The molecule has 0 saturated heterocycles. The first-order valence-corrected chi connectivity index (χ1v) is 9.35. The van der Waals surface area contributed by atoms with E-state index in [4.69, 9.17) is 0 Å². The van der Waals surface area contributed by atoms with E-state index in [2.05, 4.69) is 64.0 Å². The zero-order valence-corrected chi connectivity index (χ0v) is 19.8. The van der Waals surface area contributed by atoms with Crippen LogP contribution in [0.4, 0.5) is 0 Å². The molecule has 3 N–H and O–H groups in total. The van der Waals surface area contributed by atoms with Gasteiger partial charge in [0.25, 0.3) is 0 Å². The van der Waals surface area contributed by atoms with E-state index >= 15 is 0 Å². The topological polar surface area (TPSA) is 68.8 Å². The predicted octanol–water partition coefficient (Wildman–Crippen LogP) is 2.77. The van der Waals surface area contributed by atoms with E-state index in [9.17, 15) is 4.79 Å². The average Bonchev–Trinajstić information content (AvgIpc) is 2.60. The van der Waals surface area contributed by atoms with Gasteiger partial charge in [-0.25, -0.2) is 0 Å². The Bertz CT molecular complexity index is 567. The molecule has 6 nitrogen and oxygen atoms in total. The molecule has 1 aromatic carbocycles. The lowest BCUT2D eigenvalue weighted by Crippen LogP contribution is -2.49. The number of aliphatic imine (C=N–C) groups is 1. The zero-order chi connectivity index (χ0) is 19.6. The molecule has 1 atom stereocenters. The molecule has 1 aromatic rings. The number of amides is 1. The van der Waals surface area contributed by atoms with Gasteiger partial charge in [-0.2, -0.15) is 0 Å². The van der Waals surface area contributed by atoms with Gasteiger partial charge >= 0.3 is 0 Å². The lowest BCUT2D eigenvalue weighted by Gasteiger charge is -2.31. The monoisotopic (exact) mass is 489 g/mol. The van der Waals surface area contributed by atoms with Gasteiger partial charge in [-0.05, 0) is 39.4 Å². The highest BCUT2D eigenvalue weighted by molar-refractivity contribution is 14.0. The van der Waals surface area contributed by atoms with E-state index in [0.717, 1.165) is 13.1 Å². The van der Waals surface area contributed by atoms with Crippen molar-refractivity contribution in [2.45, 2.75) is 46.2 Å². The van der Waals surface area contributed by atoms with Crippen LogP contribution in [0.5, 0.6) is 0 Å². The highest BCUT2D eigenvalue weighted by Crippen LogP contribution is 2.19. The van der Waals surface area contributed by atoms with Crippen molar-refractivity contribution in [3.05, 3.63) is 35.9 Å². The molecule has 27 heavy (non-hydrogen) atoms. The summed E-state index contributed by atoms with van der Waals surface area (Å²) in [5.41, 5.74) is 1.03. The largest absolute Gasteiger partial charge is 0.354 e. The Kier molecular flexibility index (Phi) is 12.3. The Hall–Kier alpha value is -1.35. The Morgan fingerprint density at radius 3 is 2.19 bits per heavy atom. The molecular formula is C20H36IN5O. The molecule has 0 saturated carbocycles. The second kappa shape index (κ2) is 12.9. The Balaban J connectivity index is 0.00000676. The van der Waals surface area contributed by atoms with E-state index in [1.54, 1.807) is 7.05 Å². The predicted molar refractivity (Wildman–Crippen MR) is 125 cm³/mol. The lowest BCUT2D eigenvalue weighted by atomic mass is 10.1. The van der Waals surface area contributed by atoms with Crippen LogP contribution in [0.25, 0.3) is 0 Å². The van der Waals surface area contributed by atoms with Crippen LogP contribution >= 0.6 is 24.0 Å². The second-order valence-corrected chi connectivity index (χ2v) is 7.25. The van der Waals surface area contributed by atoms with Crippen LogP contribution in [0.15, 0.2) is 35.3 Å². The first-order valence-electron chi connectivity index (χ1n) is 9.35. The van der Waals surface area contributed by atoms with Crippen molar-refractivity contribution in [2.75, 3.05) is 33.2 Å². The Morgan fingerprint density at radius 1 is 1.11 bits per heavy atom. The van der Waals surface area contributed by atoms with E-state index in [-0.39, 0.29) is 48.0 Å². The summed E-state index contributed by atoms with van der Waals surface area (Å²) in [5, 5.41) is 9.37. The number of rotatable bonds is 8. The van der Waals surface area contributed by atoms with Crippen LogP contribution in [0.1, 0.15) is 46.2 Å². The highest BCUT2D eigenvalue weighted by Gasteiger charge is 2.18. The minimum Gasteiger partial charge on any atom is -0.354 e. The molecule has 0 heterocycles. The summed E-state index contributed by atoms with van der Waals surface area (Å²) in [7, 11) is 1.71. The average molecular weight is 489 g/mol. The molecule has 154 valence electrons. The van der Waals surface area contributed by atoms with Crippen molar-refractivity contribution in [3.63, 3.8) is 0 Å². The molecule has 1 rings (SSSR count). The minimum atomic E-state index is -0.239. The van der Waals surface area contributed by atoms with Crippen LogP contribution in [0.2, 0.25) is 0 Å². The van der Waals surface area contributed by atoms with Crippen LogP contribution in [-0.4, -0.2) is 55.5 Å². The summed E-state index contributed by atoms with van der Waals surface area (Å²) in [4.78, 5) is 18.6. The number of halogens is 1. The van der Waals surface area contributed by atoms with Gasteiger partial charge in [0.05, 0.1) is 12.6 Å². The van der Waals surface area contributed by atoms with E-state index in [1.807, 2.05) is 26.8 Å². The summed E-state index contributed by atoms with van der Waals surface area (Å²) in [6, 6.07) is 10.7. The van der Waals surface area contributed by atoms with Crippen molar-refractivity contribution in [1.82, 2.24) is 20.9 Å². The number of nitrogens with one attached hydrogen (secondary N) is 3. The van der Waals surface area contributed by atoms with Crippen molar-refractivity contribution < 1.29 is 4.79 Å². The molecule has 7 heteroatoms. The maximum Gasteiger partial charge on any atom is 0.239 e. The summed E-state index contributed by atoms with van der Waals surface area (Å²) >= 11 is 0. The summed E-state index contributed by atoms with van der Waals surface area (Å²) in [6.45, 7) is 13.1. The number of carbonyl (C=O) groups excluding carboxylic acids is 1. The summed E-state index contributed by atoms with van der Waals surface area (Å²) in [6.07, 6.45) is 0. The maximum absolute atomic E-state index is 12.0. The summed E-state index contributed by atoms with van der Waals surface area (Å²) < 4.78 is 0. The fraction of sp³-hybridized carbons (Fsp3) is 0.600. The lowest BCUT2D eigenvalue weighted by molar-refractivity contribution is -0.121. The molecule has 0 aliphatic carbocycles. The molecule has 0 bridgehead atoms. The molecule has 1 amide bonds. The van der Waals surface area contributed by atoms with Crippen LogP contribution in [0, 0.1) is 0 Å². The molecular weight excluding hydrogens is 453 g/mol. The molecule has 0 fully saturated rings. The van der Waals surface area contributed by atoms with Crippen LogP contribution in [-0.2, 0) is 4.79 Å². The van der Waals surface area contributed by atoms with E-state index < -0.39 is 0 Å². The number of hydrogen-bond acceptors (Lipinski definition) is 3. The Morgan fingerprint density at radius 2 is 1.70 bits per heavy atom. The molecule has 0 spiro atoms. The first kappa shape index (κ1) is 25.6. The third-order valence-corrected chi connectivity index (χ3v) is 4.05. The standard InChI is InChI=1S/C20H35N5O.HI/c1-7-25(8-2)17(16-12-10-9-11-13-16)14-22-19(21-6)23-15-18(26)24-20(3,4)5;/h9-13,17H,7-8,14-15H2,1-6H3,(H,24,26)(H2,21,22,23);1H. The Labute approximate surface area is 181 Å². The van der Waals surface area contributed by atoms with Crippen molar-refractivity contribution in [3.8, 4) is 0 Å². The molecule has 1 unspecified atom stereocenters. The van der Waals surface area contributed by atoms with E-state index in [1.165, 1.54) is 5.56 Å². The quantitative estimate of drug-likeness (QED) is 0.299. The molecule has 0 radical (unpaired) electrons. The van der Waals surface area contributed by atoms with Gasteiger partial charge in [-0.3, -0.25) is 14.7 Å². The second-order valence-electron chi connectivity index (χ2n) is 7.25. The fourth-order valence-electron chi connectivity index (χ4n) is 2.84. The van der Waals surface area contributed by atoms with Gasteiger partial charge in [0.2, 0.25) is 5.91 Å². The number of nitrogens with zero attached hydrogens (tertiary/aromatic N) is 2. The third-order valence-electron chi connectivity index (χ3n) is 4.05. The minimum absolute atomic E-state index is 0. The van der Waals surface area contributed by atoms with Gasteiger partial charge in [-0.1, -0.05) is 44.2 Å². The van der Waals surface area contributed by atoms with Crippen molar-refractivity contribution >= 4 is 35.8 Å². The molecule has 0 aliphatic heterocycles. The fourth-order valence-corrected chi connectivity index (χ4v) is 2.84. The SMILES string of the molecule is CCN(CC)C(CNC(=NC)NCC(=O)NC(C)(C)C)c1ccccc1.I. The normalized spacial score (nSPS) is 12.9. The number of benzene rings is 1. The highest BCUT2D eigenvalue weighted by atomic mass is 127. The van der Waals surface area contributed by atoms with Gasteiger partial charge in [-0.15, -0.1) is 24.0 Å². The smallest absolute Gasteiger partial charge is 0.239 e.